The van der Waals surface area contributed by atoms with Gasteiger partial charge in [0.15, 0.2) is 5.17 Å². The molecule has 1 N–H and O–H groups in total. The van der Waals surface area contributed by atoms with E-state index in [-0.39, 0.29) is 17.5 Å². The van der Waals surface area contributed by atoms with Crippen LogP contribution >= 0.6 is 23.4 Å². The van der Waals surface area contributed by atoms with Gasteiger partial charge in [-0.1, -0.05) is 63.8 Å². The number of hydrogen-bond acceptors (Lipinski definition) is 4. The van der Waals surface area contributed by atoms with Crippen LogP contribution in [0.25, 0.3) is 0 Å². The lowest BCUT2D eigenvalue weighted by Crippen LogP contribution is -2.37. The number of aliphatic carboxylic acids is 1. The second kappa shape index (κ2) is 7.88. The molecule has 2 atom stereocenters. The van der Waals surface area contributed by atoms with Crippen LogP contribution in [0.15, 0.2) is 39.9 Å². The number of carboxylic acid groups (broad SMARTS) is 1. The topological polar surface area (TPSA) is 52.9 Å². The van der Waals surface area contributed by atoms with E-state index >= 15 is 0 Å². The Hall–Kier alpha value is -1.46. The third-order valence-corrected chi connectivity index (χ3v) is 6.61. The molecule has 0 aromatic heterocycles. The molecular formula is C21H27ClN2O2S. The molecule has 0 bridgehead atoms. The quantitative estimate of drug-likeness (QED) is 0.556. The highest BCUT2D eigenvalue weighted by Crippen LogP contribution is 2.53. The van der Waals surface area contributed by atoms with Gasteiger partial charge in [0.25, 0.3) is 0 Å². The number of thioether (sulfide) groups is 1. The fourth-order valence-corrected chi connectivity index (χ4v) is 5.45. The summed E-state index contributed by atoms with van der Waals surface area (Å²) in [4.78, 5) is 19.5. The number of allylic oxidation sites excluding steroid dienone is 1. The van der Waals surface area contributed by atoms with E-state index in [0.29, 0.717) is 9.93 Å². The van der Waals surface area contributed by atoms with Gasteiger partial charge in [0.2, 0.25) is 0 Å². The smallest absolute Gasteiger partial charge is 0.344 e. The van der Waals surface area contributed by atoms with E-state index in [9.17, 15) is 9.90 Å². The van der Waals surface area contributed by atoms with Crippen molar-refractivity contribution in [3.8, 4) is 0 Å². The van der Waals surface area contributed by atoms with E-state index in [2.05, 4.69) is 18.7 Å². The fraction of sp³-hybridized carbons (Fsp3) is 0.524. The molecule has 1 aromatic carbocycles. The molecule has 1 aromatic rings. The van der Waals surface area contributed by atoms with Crippen molar-refractivity contribution in [3.05, 3.63) is 45.5 Å². The Balaban J connectivity index is 2.07. The van der Waals surface area contributed by atoms with Crippen molar-refractivity contribution in [1.29, 1.82) is 0 Å². The molecule has 0 spiro atoms. The summed E-state index contributed by atoms with van der Waals surface area (Å²) < 4.78 is 0. The molecule has 0 amide bonds. The Kier molecular flexibility index (Phi) is 5.92. The third-order valence-electron chi connectivity index (χ3n) is 5.30. The molecule has 146 valence electrons. The zero-order valence-corrected chi connectivity index (χ0v) is 17.9. The van der Waals surface area contributed by atoms with Crippen LogP contribution in [-0.2, 0) is 4.79 Å². The van der Waals surface area contributed by atoms with Crippen LogP contribution in [0.3, 0.4) is 0 Å². The van der Waals surface area contributed by atoms with Gasteiger partial charge >= 0.3 is 5.97 Å². The Morgan fingerprint density at radius 3 is 2.56 bits per heavy atom. The van der Waals surface area contributed by atoms with E-state index in [4.69, 9.17) is 16.6 Å². The van der Waals surface area contributed by atoms with Crippen LogP contribution in [0.5, 0.6) is 0 Å². The van der Waals surface area contributed by atoms with Crippen molar-refractivity contribution in [2.45, 2.75) is 65.0 Å². The lowest BCUT2D eigenvalue weighted by Gasteiger charge is -2.36. The standard InChI is InChI=1S/C21H27ClN2O2S/c1-5-6-7-12-21(4)18(14-8-10-15(22)11-9-14)24-16(13(2)3)17(19(25)26)27-20(24)23-21/h8-11,13,18H,5-7,12H2,1-4H3,(H,25,26). The van der Waals surface area contributed by atoms with Crippen molar-refractivity contribution in [2.24, 2.45) is 10.9 Å². The number of aliphatic imine (C=N–C) groups is 1. The average Bonchev–Trinajstić information content (AvgIpc) is 3.08. The Bertz CT molecular complexity index is 788. The average molecular weight is 407 g/mol. The highest BCUT2D eigenvalue weighted by Gasteiger charge is 2.51. The summed E-state index contributed by atoms with van der Waals surface area (Å²) in [6.45, 7) is 8.50. The predicted octanol–water partition coefficient (Wildman–Crippen LogP) is 6.09. The highest BCUT2D eigenvalue weighted by atomic mass is 35.5. The Labute approximate surface area is 170 Å². The van der Waals surface area contributed by atoms with Crippen molar-refractivity contribution in [3.63, 3.8) is 0 Å². The number of amidine groups is 1. The normalized spacial score (nSPS) is 24.6. The number of fused-ring (bicyclic) bond motifs is 1. The van der Waals surface area contributed by atoms with E-state index in [1.54, 1.807) is 0 Å². The summed E-state index contributed by atoms with van der Waals surface area (Å²) in [6, 6.07) is 7.89. The summed E-state index contributed by atoms with van der Waals surface area (Å²) in [6.07, 6.45) is 4.42. The third kappa shape index (κ3) is 3.77. The first-order chi connectivity index (χ1) is 12.8. The molecule has 0 saturated heterocycles. The largest absolute Gasteiger partial charge is 0.477 e. The van der Waals surface area contributed by atoms with E-state index in [1.807, 2.05) is 38.1 Å². The fourth-order valence-electron chi connectivity index (χ4n) is 4.06. The molecule has 27 heavy (non-hydrogen) atoms. The van der Waals surface area contributed by atoms with Gasteiger partial charge in [-0.2, -0.15) is 0 Å². The van der Waals surface area contributed by atoms with Crippen LogP contribution in [0.4, 0.5) is 0 Å². The molecule has 2 unspecified atom stereocenters. The van der Waals surface area contributed by atoms with Gasteiger partial charge in [-0.05, 0) is 48.7 Å². The summed E-state index contributed by atoms with van der Waals surface area (Å²) in [5.74, 6) is -0.771. The minimum absolute atomic E-state index is 0.0108. The SMILES string of the molecule is CCCCCC1(C)N=C2SC(C(=O)O)=C(C(C)C)N2C1c1ccc(Cl)cc1. The molecule has 0 radical (unpaired) electrons. The second-order valence-corrected chi connectivity index (χ2v) is 9.22. The molecular weight excluding hydrogens is 380 g/mol. The number of nitrogens with zero attached hydrogens (tertiary/aromatic N) is 2. The highest BCUT2D eigenvalue weighted by molar-refractivity contribution is 8.18. The number of carboxylic acids is 1. The van der Waals surface area contributed by atoms with Crippen molar-refractivity contribution < 1.29 is 9.90 Å². The van der Waals surface area contributed by atoms with E-state index < -0.39 is 5.97 Å². The monoisotopic (exact) mass is 406 g/mol. The van der Waals surface area contributed by atoms with Crippen LogP contribution in [0, 0.1) is 5.92 Å². The lowest BCUT2D eigenvalue weighted by molar-refractivity contribution is -0.131. The zero-order chi connectivity index (χ0) is 19.8. The summed E-state index contributed by atoms with van der Waals surface area (Å²) >= 11 is 7.41. The molecule has 3 rings (SSSR count). The second-order valence-electron chi connectivity index (χ2n) is 7.81. The van der Waals surface area contributed by atoms with Gasteiger partial charge in [-0.3, -0.25) is 4.99 Å². The minimum Gasteiger partial charge on any atom is -0.477 e. The number of rotatable bonds is 7. The van der Waals surface area contributed by atoms with Crippen molar-refractivity contribution in [2.75, 3.05) is 0 Å². The maximum atomic E-state index is 11.8. The maximum absolute atomic E-state index is 11.8. The van der Waals surface area contributed by atoms with Gasteiger partial charge in [-0.15, -0.1) is 0 Å². The van der Waals surface area contributed by atoms with E-state index in [0.717, 1.165) is 35.7 Å². The molecule has 2 aliphatic rings. The molecule has 2 aliphatic heterocycles. The van der Waals surface area contributed by atoms with Gasteiger partial charge in [-0.25, -0.2) is 4.79 Å². The van der Waals surface area contributed by atoms with Crippen LogP contribution < -0.4 is 0 Å². The van der Waals surface area contributed by atoms with Crippen molar-refractivity contribution >= 4 is 34.5 Å². The van der Waals surface area contributed by atoms with Crippen LogP contribution in [-0.4, -0.2) is 26.7 Å². The molecule has 0 fully saturated rings. The molecule has 0 saturated carbocycles. The molecule has 2 heterocycles. The van der Waals surface area contributed by atoms with Crippen molar-refractivity contribution in [1.82, 2.24) is 4.90 Å². The zero-order valence-electron chi connectivity index (χ0n) is 16.3. The minimum atomic E-state index is -0.872. The van der Waals surface area contributed by atoms with Gasteiger partial charge in [0, 0.05) is 10.7 Å². The maximum Gasteiger partial charge on any atom is 0.344 e. The number of carbonyl (C=O) groups is 1. The Morgan fingerprint density at radius 2 is 2.00 bits per heavy atom. The molecule has 6 heteroatoms. The first-order valence-electron chi connectivity index (χ1n) is 9.58. The van der Waals surface area contributed by atoms with E-state index in [1.165, 1.54) is 18.2 Å². The predicted molar refractivity (Wildman–Crippen MR) is 113 cm³/mol. The summed E-state index contributed by atoms with van der Waals surface area (Å²) in [5.41, 5.74) is 1.71. The van der Waals surface area contributed by atoms with Gasteiger partial charge < -0.3 is 10.0 Å². The van der Waals surface area contributed by atoms with Crippen LogP contribution in [0.1, 0.15) is 65.0 Å². The number of benzene rings is 1. The van der Waals surface area contributed by atoms with Crippen LogP contribution in [0.2, 0.25) is 5.02 Å². The first-order valence-corrected chi connectivity index (χ1v) is 10.8. The first kappa shape index (κ1) is 20.3. The lowest BCUT2D eigenvalue weighted by atomic mass is 9.82. The number of halogens is 1. The number of unbranched alkanes of at least 4 members (excludes halogenated alkanes) is 2. The molecule has 0 aliphatic carbocycles. The van der Waals surface area contributed by atoms with Gasteiger partial charge in [0.05, 0.1) is 11.6 Å². The Morgan fingerprint density at radius 1 is 1.33 bits per heavy atom. The number of hydrogen-bond donors (Lipinski definition) is 1. The summed E-state index contributed by atoms with van der Waals surface area (Å²) in [5, 5.41) is 11.2. The van der Waals surface area contributed by atoms with Gasteiger partial charge in [0.1, 0.15) is 4.91 Å². The summed E-state index contributed by atoms with van der Waals surface area (Å²) in [7, 11) is 0. The molecule has 4 nitrogen and oxygen atoms in total.